The molecule has 2 aliphatic heterocycles. The van der Waals surface area contributed by atoms with Crippen molar-refractivity contribution < 1.29 is 34.4 Å². The summed E-state index contributed by atoms with van der Waals surface area (Å²) in [7, 11) is 0. The highest BCUT2D eigenvalue weighted by atomic mass is 16.8. The van der Waals surface area contributed by atoms with E-state index in [0.29, 0.717) is 19.3 Å². The number of hydroxylamine groups is 2. The molecule has 2 N–H and O–H groups in total. The molecule has 0 aromatic rings. The minimum Gasteiger partial charge on any atom is -0.393 e. The van der Waals surface area contributed by atoms with Crippen molar-refractivity contribution in [1.29, 1.82) is 0 Å². The van der Waals surface area contributed by atoms with Crippen LogP contribution in [0.5, 0.6) is 0 Å². The van der Waals surface area contributed by atoms with Crippen LogP contribution in [0.25, 0.3) is 0 Å². The maximum absolute atomic E-state index is 14.0. The fourth-order valence-electron chi connectivity index (χ4n) is 9.62. The smallest absolute Gasteiger partial charge is 0.202 e. The highest BCUT2D eigenvalue weighted by molar-refractivity contribution is 6.01. The second kappa shape index (κ2) is 8.19. The monoisotopic (exact) mass is 516 g/mol. The number of hydrogen-bond donors (Lipinski definition) is 2. The Bertz CT molecular complexity index is 1040. The number of allylic oxidation sites excluding steroid dienone is 4. The minimum atomic E-state index is -1.62. The van der Waals surface area contributed by atoms with Gasteiger partial charge in [-0.25, -0.2) is 0 Å². The molecule has 205 valence electrons. The average Bonchev–Trinajstić information content (AvgIpc) is 3.40. The van der Waals surface area contributed by atoms with E-state index in [2.05, 4.69) is 20.8 Å². The van der Waals surface area contributed by atoms with Crippen molar-refractivity contribution in [2.24, 2.45) is 28.6 Å². The van der Waals surface area contributed by atoms with Crippen LogP contribution in [0.2, 0.25) is 0 Å². The van der Waals surface area contributed by atoms with E-state index in [1.165, 1.54) is 0 Å². The summed E-state index contributed by atoms with van der Waals surface area (Å²) in [6.45, 7) is 9.67. The SMILES string of the molecule is CCCC1O[C@@H]2CC3C4CCC5=CC(=O)C=C[C@]5(C)C4[C@@H](O)C[C@]3(C)[C@]2(C2(CO)OCC(C)(C)N2[O])O1. The molecule has 10 atom stereocenters. The first kappa shape index (κ1) is 26.1. The summed E-state index contributed by atoms with van der Waals surface area (Å²) in [6.07, 6.45) is 8.08. The Morgan fingerprint density at radius 1 is 1.22 bits per heavy atom. The first-order chi connectivity index (χ1) is 17.4. The molecule has 5 unspecified atom stereocenters. The fraction of sp³-hybridized carbons (Fsp3) is 0.828. The number of ether oxygens (including phenoxy) is 3. The standard InChI is InChI=1S/C29H42NO7/c1-6-7-23-36-22-13-20-19-9-8-17-12-18(32)10-11-26(17,4)24(19)21(33)14-27(20,5)29(22,37-23)28(15-31)30(34)25(2,3)16-35-28/h10-12,19-24,31,33H,6-9,13-16H2,1-5H3/t19?,20?,21-,22+,23?,24?,26-,27-,28?,29+/m0/s1. The summed E-state index contributed by atoms with van der Waals surface area (Å²) in [5.41, 5.74) is -3.64. The average molecular weight is 517 g/mol. The van der Waals surface area contributed by atoms with Gasteiger partial charge in [0.05, 0.1) is 31.0 Å². The second-order valence-corrected chi connectivity index (χ2v) is 13.5. The summed E-state index contributed by atoms with van der Waals surface area (Å²) in [5.74, 6) is 0.215. The van der Waals surface area contributed by atoms with Crippen LogP contribution in [0.15, 0.2) is 23.8 Å². The number of nitrogens with zero attached hydrogens (tertiary/aromatic N) is 1. The normalized spacial score (nSPS) is 52.4. The van der Waals surface area contributed by atoms with Crippen LogP contribution in [0.1, 0.15) is 73.1 Å². The zero-order valence-corrected chi connectivity index (χ0v) is 22.7. The van der Waals surface area contributed by atoms with Crippen LogP contribution >= 0.6 is 0 Å². The molecule has 2 heterocycles. The zero-order valence-electron chi connectivity index (χ0n) is 22.7. The highest BCUT2D eigenvalue weighted by Crippen LogP contribution is 2.72. The maximum Gasteiger partial charge on any atom is 0.202 e. The van der Waals surface area contributed by atoms with Crippen molar-refractivity contribution in [3.63, 3.8) is 0 Å². The molecule has 0 amide bonds. The molecule has 4 aliphatic carbocycles. The van der Waals surface area contributed by atoms with Crippen molar-refractivity contribution in [3.8, 4) is 0 Å². The van der Waals surface area contributed by atoms with Crippen LogP contribution in [-0.4, -0.2) is 69.6 Å². The van der Waals surface area contributed by atoms with Crippen LogP contribution in [0, 0.1) is 28.6 Å². The predicted molar refractivity (Wildman–Crippen MR) is 133 cm³/mol. The van der Waals surface area contributed by atoms with Gasteiger partial charge in [-0.3, -0.25) is 4.79 Å². The van der Waals surface area contributed by atoms with Crippen molar-refractivity contribution in [2.45, 2.75) is 109 Å². The lowest BCUT2D eigenvalue weighted by Gasteiger charge is -2.62. The molecule has 5 fully saturated rings. The van der Waals surface area contributed by atoms with Crippen molar-refractivity contribution >= 4 is 5.78 Å². The third-order valence-electron chi connectivity index (χ3n) is 11.2. The Morgan fingerprint density at radius 3 is 2.62 bits per heavy atom. The van der Waals surface area contributed by atoms with Crippen LogP contribution in [0.3, 0.4) is 0 Å². The highest BCUT2D eigenvalue weighted by Gasteiger charge is 2.83. The summed E-state index contributed by atoms with van der Waals surface area (Å²) in [5, 5.41) is 37.8. The summed E-state index contributed by atoms with van der Waals surface area (Å²) < 4.78 is 19.8. The van der Waals surface area contributed by atoms with Gasteiger partial charge in [0.25, 0.3) is 0 Å². The van der Waals surface area contributed by atoms with E-state index < -0.39 is 47.4 Å². The van der Waals surface area contributed by atoms with Gasteiger partial charge >= 0.3 is 0 Å². The molecular formula is C29H42NO7. The van der Waals surface area contributed by atoms with Crippen LogP contribution in [0.4, 0.5) is 0 Å². The lowest BCUT2D eigenvalue weighted by Crippen LogP contribution is -2.75. The molecule has 1 radical (unpaired) electrons. The van der Waals surface area contributed by atoms with E-state index in [4.69, 9.17) is 14.2 Å². The quantitative estimate of drug-likeness (QED) is 0.590. The van der Waals surface area contributed by atoms with E-state index in [0.717, 1.165) is 29.9 Å². The molecule has 2 saturated heterocycles. The largest absolute Gasteiger partial charge is 0.393 e. The molecule has 0 spiro atoms. The molecular weight excluding hydrogens is 474 g/mol. The molecule has 37 heavy (non-hydrogen) atoms. The van der Waals surface area contributed by atoms with Gasteiger partial charge in [-0.15, -0.1) is 10.3 Å². The topological polar surface area (TPSA) is 108 Å². The van der Waals surface area contributed by atoms with Crippen molar-refractivity contribution in [2.75, 3.05) is 13.2 Å². The molecule has 0 bridgehead atoms. The van der Waals surface area contributed by atoms with Gasteiger partial charge in [0.15, 0.2) is 12.1 Å². The number of ketones is 1. The lowest BCUT2D eigenvalue weighted by atomic mass is 9.45. The van der Waals surface area contributed by atoms with Crippen LogP contribution in [-0.2, 0) is 24.2 Å². The molecule has 8 nitrogen and oxygen atoms in total. The number of fused-ring (bicyclic) bond motifs is 7. The van der Waals surface area contributed by atoms with E-state index in [-0.39, 0.29) is 35.6 Å². The van der Waals surface area contributed by atoms with Crippen LogP contribution < -0.4 is 0 Å². The van der Waals surface area contributed by atoms with E-state index in [9.17, 15) is 20.2 Å². The Balaban J connectivity index is 1.47. The zero-order chi connectivity index (χ0) is 26.6. The predicted octanol–water partition coefficient (Wildman–Crippen LogP) is 3.30. The van der Waals surface area contributed by atoms with Gasteiger partial charge < -0.3 is 24.4 Å². The molecule has 6 aliphatic rings. The number of carbonyl (C=O) groups excluding carboxylic acids is 1. The van der Waals surface area contributed by atoms with Gasteiger partial charge in [-0.2, -0.15) is 0 Å². The maximum atomic E-state index is 14.0. The van der Waals surface area contributed by atoms with Gasteiger partial charge in [0.1, 0.15) is 5.60 Å². The Kier molecular flexibility index (Phi) is 5.78. The molecule has 6 rings (SSSR count). The molecule has 0 aromatic heterocycles. The third-order valence-corrected chi connectivity index (χ3v) is 11.2. The minimum absolute atomic E-state index is 0.0144. The number of aliphatic hydroxyl groups excluding tert-OH is 2. The number of carbonyl (C=O) groups is 1. The second-order valence-electron chi connectivity index (χ2n) is 13.5. The summed E-state index contributed by atoms with van der Waals surface area (Å²) in [4.78, 5) is 12.2. The van der Waals surface area contributed by atoms with E-state index in [1.807, 2.05) is 19.9 Å². The van der Waals surface area contributed by atoms with E-state index in [1.54, 1.807) is 12.2 Å². The molecule has 0 aromatic carbocycles. The Labute approximate surface area is 219 Å². The van der Waals surface area contributed by atoms with Gasteiger partial charge in [-0.05, 0) is 69.9 Å². The van der Waals surface area contributed by atoms with Crippen molar-refractivity contribution in [3.05, 3.63) is 23.8 Å². The Morgan fingerprint density at radius 2 is 1.97 bits per heavy atom. The Hall–Kier alpha value is -1.13. The number of hydrogen-bond acceptors (Lipinski definition) is 7. The first-order valence-electron chi connectivity index (χ1n) is 14.1. The number of aliphatic hydroxyl groups is 2. The van der Waals surface area contributed by atoms with Gasteiger partial charge in [-0.1, -0.05) is 38.8 Å². The molecule has 3 saturated carbocycles. The fourth-order valence-corrected chi connectivity index (χ4v) is 9.62. The van der Waals surface area contributed by atoms with Crippen molar-refractivity contribution in [1.82, 2.24) is 5.06 Å². The summed E-state index contributed by atoms with van der Waals surface area (Å²) in [6, 6.07) is 0. The van der Waals surface area contributed by atoms with Gasteiger partial charge in [0.2, 0.25) is 5.72 Å². The summed E-state index contributed by atoms with van der Waals surface area (Å²) >= 11 is 0. The van der Waals surface area contributed by atoms with E-state index >= 15 is 0 Å². The third kappa shape index (κ3) is 3.06. The number of rotatable bonds is 4. The molecule has 8 heteroatoms. The first-order valence-corrected chi connectivity index (χ1v) is 14.1. The lowest BCUT2D eigenvalue weighted by molar-refractivity contribution is -0.378. The van der Waals surface area contributed by atoms with Gasteiger partial charge in [0, 0.05) is 16.7 Å².